The van der Waals surface area contributed by atoms with Crippen LogP contribution in [0.3, 0.4) is 0 Å². The SMILES string of the molecule is OC(c1cnccc1C(F)(F)F)c1ncccc1Cl. The number of rotatable bonds is 2. The third kappa shape index (κ3) is 2.85. The normalized spacial score (nSPS) is 13.3. The van der Waals surface area contributed by atoms with Crippen LogP contribution in [0.25, 0.3) is 0 Å². The maximum atomic E-state index is 12.8. The summed E-state index contributed by atoms with van der Waals surface area (Å²) in [6.45, 7) is 0. The number of nitrogens with zero attached hydrogens (tertiary/aromatic N) is 2. The first-order valence-corrected chi connectivity index (χ1v) is 5.58. The van der Waals surface area contributed by atoms with Gasteiger partial charge >= 0.3 is 6.18 Å². The molecule has 100 valence electrons. The van der Waals surface area contributed by atoms with E-state index in [2.05, 4.69) is 9.97 Å². The van der Waals surface area contributed by atoms with Gasteiger partial charge in [-0.2, -0.15) is 13.2 Å². The second kappa shape index (κ2) is 5.14. The zero-order chi connectivity index (χ0) is 14.0. The van der Waals surface area contributed by atoms with Crippen molar-refractivity contribution in [1.29, 1.82) is 0 Å². The molecule has 0 aromatic carbocycles. The number of pyridine rings is 2. The maximum Gasteiger partial charge on any atom is 0.416 e. The highest BCUT2D eigenvalue weighted by Gasteiger charge is 2.35. The Morgan fingerprint density at radius 1 is 1.21 bits per heavy atom. The van der Waals surface area contributed by atoms with Crippen molar-refractivity contribution in [2.75, 3.05) is 0 Å². The Morgan fingerprint density at radius 2 is 1.95 bits per heavy atom. The summed E-state index contributed by atoms with van der Waals surface area (Å²) >= 11 is 5.81. The first-order valence-electron chi connectivity index (χ1n) is 5.21. The molecule has 0 aliphatic heterocycles. The second-order valence-corrected chi connectivity index (χ2v) is 4.14. The highest BCUT2D eigenvalue weighted by atomic mass is 35.5. The lowest BCUT2D eigenvalue weighted by atomic mass is 10.0. The molecule has 0 radical (unpaired) electrons. The summed E-state index contributed by atoms with van der Waals surface area (Å²) < 4.78 is 38.5. The second-order valence-electron chi connectivity index (χ2n) is 3.73. The van der Waals surface area contributed by atoms with E-state index in [-0.39, 0.29) is 16.3 Å². The molecule has 1 atom stereocenters. The van der Waals surface area contributed by atoms with Crippen LogP contribution in [0.15, 0.2) is 36.8 Å². The van der Waals surface area contributed by atoms with Crippen molar-refractivity contribution in [1.82, 2.24) is 9.97 Å². The van der Waals surface area contributed by atoms with E-state index in [1.165, 1.54) is 18.3 Å². The maximum absolute atomic E-state index is 12.8. The molecule has 2 rings (SSSR count). The van der Waals surface area contributed by atoms with E-state index in [0.29, 0.717) is 0 Å². The molecule has 0 aliphatic rings. The van der Waals surface area contributed by atoms with Crippen molar-refractivity contribution in [2.45, 2.75) is 12.3 Å². The molecule has 0 amide bonds. The molecule has 1 unspecified atom stereocenters. The number of halogens is 4. The Morgan fingerprint density at radius 3 is 2.58 bits per heavy atom. The first kappa shape index (κ1) is 13.8. The van der Waals surface area contributed by atoms with E-state index in [9.17, 15) is 18.3 Å². The summed E-state index contributed by atoms with van der Waals surface area (Å²) in [5, 5.41) is 10.1. The van der Waals surface area contributed by atoms with Crippen LogP contribution >= 0.6 is 11.6 Å². The molecule has 0 aliphatic carbocycles. The van der Waals surface area contributed by atoms with Gasteiger partial charge in [0.05, 0.1) is 16.3 Å². The van der Waals surface area contributed by atoms with Crippen LogP contribution in [0, 0.1) is 0 Å². The fourth-order valence-corrected chi connectivity index (χ4v) is 1.85. The third-order valence-electron chi connectivity index (χ3n) is 2.50. The Bertz CT molecular complexity index is 589. The lowest BCUT2D eigenvalue weighted by molar-refractivity contribution is -0.139. The Balaban J connectivity index is 2.51. The minimum atomic E-state index is -4.58. The van der Waals surface area contributed by atoms with Crippen LogP contribution < -0.4 is 0 Å². The number of aliphatic hydroxyl groups is 1. The van der Waals surface area contributed by atoms with Gasteiger partial charge in [0.15, 0.2) is 0 Å². The number of aliphatic hydroxyl groups excluding tert-OH is 1. The van der Waals surface area contributed by atoms with E-state index in [1.54, 1.807) is 0 Å². The summed E-state index contributed by atoms with van der Waals surface area (Å²) in [6, 6.07) is 3.76. The number of alkyl halides is 3. The van der Waals surface area contributed by atoms with E-state index >= 15 is 0 Å². The van der Waals surface area contributed by atoms with Gasteiger partial charge in [-0.15, -0.1) is 0 Å². The zero-order valence-electron chi connectivity index (χ0n) is 9.39. The van der Waals surface area contributed by atoms with Crippen LogP contribution in [0.4, 0.5) is 13.2 Å². The molecule has 0 spiro atoms. The Labute approximate surface area is 111 Å². The molecule has 2 heterocycles. The fourth-order valence-electron chi connectivity index (χ4n) is 1.63. The smallest absolute Gasteiger partial charge is 0.382 e. The molecule has 0 saturated carbocycles. The summed E-state index contributed by atoms with van der Waals surface area (Å²) in [4.78, 5) is 7.40. The fraction of sp³-hybridized carbons (Fsp3) is 0.167. The number of aromatic nitrogens is 2. The van der Waals surface area contributed by atoms with Crippen LogP contribution in [-0.4, -0.2) is 15.1 Å². The molecule has 2 aromatic rings. The summed E-state index contributed by atoms with van der Waals surface area (Å²) in [6.07, 6.45) is -2.86. The van der Waals surface area contributed by atoms with Gasteiger partial charge in [-0.25, -0.2) is 0 Å². The van der Waals surface area contributed by atoms with Crippen molar-refractivity contribution in [3.05, 3.63) is 58.6 Å². The molecule has 7 heteroatoms. The number of hydrogen-bond donors (Lipinski definition) is 1. The molecule has 0 fully saturated rings. The predicted octanol–water partition coefficient (Wildman–Crippen LogP) is 3.23. The van der Waals surface area contributed by atoms with Crippen molar-refractivity contribution >= 4 is 11.6 Å². The van der Waals surface area contributed by atoms with Crippen molar-refractivity contribution in [3.63, 3.8) is 0 Å². The Kier molecular flexibility index (Phi) is 3.73. The van der Waals surface area contributed by atoms with E-state index in [4.69, 9.17) is 11.6 Å². The average molecular weight is 289 g/mol. The van der Waals surface area contributed by atoms with Gasteiger partial charge in [-0.3, -0.25) is 9.97 Å². The van der Waals surface area contributed by atoms with Crippen LogP contribution in [0.5, 0.6) is 0 Å². The Hall–Kier alpha value is -1.66. The quantitative estimate of drug-likeness (QED) is 0.923. The lowest BCUT2D eigenvalue weighted by Crippen LogP contribution is -2.14. The third-order valence-corrected chi connectivity index (χ3v) is 2.82. The predicted molar refractivity (Wildman–Crippen MR) is 62.5 cm³/mol. The molecule has 2 aromatic heterocycles. The highest BCUT2D eigenvalue weighted by Crippen LogP contribution is 2.36. The molecular weight excluding hydrogens is 281 g/mol. The van der Waals surface area contributed by atoms with Crippen LogP contribution in [0.1, 0.15) is 22.9 Å². The largest absolute Gasteiger partial charge is 0.416 e. The van der Waals surface area contributed by atoms with Crippen molar-refractivity contribution in [2.24, 2.45) is 0 Å². The van der Waals surface area contributed by atoms with Gasteiger partial charge < -0.3 is 5.11 Å². The monoisotopic (exact) mass is 288 g/mol. The van der Waals surface area contributed by atoms with Gasteiger partial charge in [-0.1, -0.05) is 11.6 Å². The van der Waals surface area contributed by atoms with E-state index in [0.717, 1.165) is 18.5 Å². The average Bonchev–Trinajstić information content (AvgIpc) is 2.37. The van der Waals surface area contributed by atoms with Gasteiger partial charge in [-0.05, 0) is 18.2 Å². The van der Waals surface area contributed by atoms with E-state index < -0.39 is 17.8 Å². The molecule has 0 bridgehead atoms. The van der Waals surface area contributed by atoms with E-state index in [1.807, 2.05) is 0 Å². The molecule has 1 N–H and O–H groups in total. The molecule has 3 nitrogen and oxygen atoms in total. The van der Waals surface area contributed by atoms with Crippen molar-refractivity contribution < 1.29 is 18.3 Å². The summed E-state index contributed by atoms with van der Waals surface area (Å²) in [5.74, 6) is 0. The van der Waals surface area contributed by atoms with Gasteiger partial charge in [0.1, 0.15) is 6.10 Å². The molecule has 19 heavy (non-hydrogen) atoms. The lowest BCUT2D eigenvalue weighted by Gasteiger charge is -2.17. The standard InChI is InChI=1S/C12H8ClF3N2O/c13-9-2-1-4-18-10(9)11(19)7-6-17-5-3-8(7)12(14,15)16/h1-6,11,19H. The van der Waals surface area contributed by atoms with Gasteiger partial charge in [0.2, 0.25) is 0 Å². The molecule has 0 saturated heterocycles. The topological polar surface area (TPSA) is 46.0 Å². The van der Waals surface area contributed by atoms with Crippen LogP contribution in [-0.2, 0) is 6.18 Å². The minimum absolute atomic E-state index is 0.0392. The summed E-state index contributed by atoms with van der Waals surface area (Å²) in [5.41, 5.74) is -1.38. The molecular formula is C12H8ClF3N2O. The van der Waals surface area contributed by atoms with Gasteiger partial charge in [0.25, 0.3) is 0 Å². The van der Waals surface area contributed by atoms with Crippen LogP contribution in [0.2, 0.25) is 5.02 Å². The summed E-state index contributed by atoms with van der Waals surface area (Å²) in [7, 11) is 0. The van der Waals surface area contributed by atoms with Crippen molar-refractivity contribution in [3.8, 4) is 0 Å². The van der Waals surface area contributed by atoms with Gasteiger partial charge in [0, 0.05) is 24.2 Å². The first-order chi connectivity index (χ1) is 8.91. The minimum Gasteiger partial charge on any atom is -0.382 e. The zero-order valence-corrected chi connectivity index (χ0v) is 10.2. The number of hydrogen-bond acceptors (Lipinski definition) is 3. The highest BCUT2D eigenvalue weighted by molar-refractivity contribution is 6.31.